The van der Waals surface area contributed by atoms with Crippen LogP contribution in [0.1, 0.15) is 33.1 Å². The average molecular weight is 314 g/mol. The predicted octanol–water partition coefficient (Wildman–Crippen LogP) is 1.67. The molecule has 19 heavy (non-hydrogen) atoms. The summed E-state index contributed by atoms with van der Waals surface area (Å²) in [5, 5.41) is 6.29. The van der Waals surface area contributed by atoms with Crippen molar-refractivity contribution < 1.29 is 4.79 Å². The van der Waals surface area contributed by atoms with Crippen LogP contribution in [-0.2, 0) is 4.79 Å². The first-order chi connectivity index (χ1) is 8.00. The maximum atomic E-state index is 11.9. The molecule has 1 rings (SSSR count). The van der Waals surface area contributed by atoms with E-state index in [1.54, 1.807) is 0 Å². The van der Waals surface area contributed by atoms with Crippen LogP contribution in [0, 0.1) is 5.92 Å². The Morgan fingerprint density at radius 2 is 2.00 bits per heavy atom. The fraction of sp³-hybridized carbons (Fsp3) is 0.923. The zero-order valence-corrected chi connectivity index (χ0v) is 14.1. The Hall–Kier alpha value is -0.0300. The van der Waals surface area contributed by atoms with Crippen molar-refractivity contribution in [2.45, 2.75) is 45.2 Å². The molecular formula is C13H29Cl2N3O. The number of carbonyl (C=O) groups excluding carboxylic acids is 1. The SMILES string of the molecule is CC(C)CC(CNC(=O)C1CCCN1)N(C)C.Cl.Cl. The van der Waals surface area contributed by atoms with E-state index < -0.39 is 0 Å². The second-order valence-electron chi connectivity index (χ2n) is 5.64. The molecule has 1 amide bonds. The van der Waals surface area contributed by atoms with Gasteiger partial charge < -0.3 is 15.5 Å². The molecule has 116 valence electrons. The molecule has 0 aliphatic carbocycles. The lowest BCUT2D eigenvalue weighted by Crippen LogP contribution is -2.46. The van der Waals surface area contributed by atoms with Gasteiger partial charge in [0, 0.05) is 12.6 Å². The first-order valence-corrected chi connectivity index (χ1v) is 6.68. The standard InChI is InChI=1S/C13H27N3O.2ClH/c1-10(2)8-11(16(3)4)9-15-13(17)12-6-5-7-14-12;;/h10-12,14H,5-9H2,1-4H3,(H,15,17);2*1H. The lowest BCUT2D eigenvalue weighted by Gasteiger charge is -2.26. The van der Waals surface area contributed by atoms with Crippen LogP contribution in [0.15, 0.2) is 0 Å². The van der Waals surface area contributed by atoms with Crippen molar-refractivity contribution in [2.24, 2.45) is 5.92 Å². The summed E-state index contributed by atoms with van der Waals surface area (Å²) in [6.45, 7) is 6.16. The van der Waals surface area contributed by atoms with Gasteiger partial charge in [0.2, 0.25) is 5.91 Å². The van der Waals surface area contributed by atoms with Crippen molar-refractivity contribution in [3.8, 4) is 0 Å². The second-order valence-corrected chi connectivity index (χ2v) is 5.64. The summed E-state index contributed by atoms with van der Waals surface area (Å²) in [4.78, 5) is 14.1. The normalized spacial score (nSPS) is 19.8. The zero-order valence-electron chi connectivity index (χ0n) is 12.4. The quantitative estimate of drug-likeness (QED) is 0.784. The molecule has 0 radical (unpaired) electrons. The summed E-state index contributed by atoms with van der Waals surface area (Å²) < 4.78 is 0. The topological polar surface area (TPSA) is 44.4 Å². The van der Waals surface area contributed by atoms with E-state index in [1.807, 2.05) is 0 Å². The molecule has 2 unspecified atom stereocenters. The van der Waals surface area contributed by atoms with Gasteiger partial charge in [0.25, 0.3) is 0 Å². The van der Waals surface area contributed by atoms with Gasteiger partial charge in [0.05, 0.1) is 6.04 Å². The lowest BCUT2D eigenvalue weighted by atomic mass is 10.0. The summed E-state index contributed by atoms with van der Waals surface area (Å²) in [7, 11) is 4.15. The molecule has 1 aliphatic rings. The number of nitrogens with one attached hydrogen (secondary N) is 2. The molecule has 0 aromatic carbocycles. The fourth-order valence-electron chi connectivity index (χ4n) is 2.27. The van der Waals surface area contributed by atoms with Gasteiger partial charge in [-0.2, -0.15) is 0 Å². The minimum absolute atomic E-state index is 0. The number of nitrogens with zero attached hydrogens (tertiary/aromatic N) is 1. The molecule has 2 atom stereocenters. The monoisotopic (exact) mass is 313 g/mol. The van der Waals surface area contributed by atoms with E-state index in [-0.39, 0.29) is 36.8 Å². The Morgan fingerprint density at radius 3 is 2.42 bits per heavy atom. The average Bonchev–Trinajstić information content (AvgIpc) is 2.76. The van der Waals surface area contributed by atoms with Crippen LogP contribution in [0.3, 0.4) is 0 Å². The first-order valence-electron chi connectivity index (χ1n) is 6.68. The highest BCUT2D eigenvalue weighted by molar-refractivity contribution is 5.85. The number of hydrogen-bond donors (Lipinski definition) is 2. The highest BCUT2D eigenvalue weighted by atomic mass is 35.5. The van der Waals surface area contributed by atoms with Gasteiger partial charge in [0.15, 0.2) is 0 Å². The Bertz CT molecular complexity index is 244. The van der Waals surface area contributed by atoms with E-state index in [2.05, 4.69) is 43.5 Å². The van der Waals surface area contributed by atoms with Gasteiger partial charge in [-0.15, -0.1) is 24.8 Å². The third-order valence-electron chi connectivity index (χ3n) is 3.36. The summed E-state index contributed by atoms with van der Waals surface area (Å²) in [6, 6.07) is 0.470. The molecule has 0 aromatic heterocycles. The lowest BCUT2D eigenvalue weighted by molar-refractivity contribution is -0.123. The molecule has 2 N–H and O–H groups in total. The van der Waals surface area contributed by atoms with Crippen LogP contribution in [0.5, 0.6) is 0 Å². The minimum atomic E-state index is 0. The summed E-state index contributed by atoms with van der Waals surface area (Å²) in [5.74, 6) is 0.821. The van der Waals surface area contributed by atoms with Crippen LogP contribution >= 0.6 is 24.8 Å². The molecular weight excluding hydrogens is 285 g/mol. The number of carbonyl (C=O) groups is 1. The van der Waals surface area contributed by atoms with Crippen LogP contribution in [0.25, 0.3) is 0 Å². The van der Waals surface area contributed by atoms with Gasteiger partial charge >= 0.3 is 0 Å². The van der Waals surface area contributed by atoms with Gasteiger partial charge in [-0.05, 0) is 45.8 Å². The summed E-state index contributed by atoms with van der Waals surface area (Å²) >= 11 is 0. The van der Waals surface area contributed by atoms with Crippen molar-refractivity contribution in [3.63, 3.8) is 0 Å². The number of likely N-dealkylation sites (N-methyl/N-ethyl adjacent to an activating group) is 1. The van der Waals surface area contributed by atoms with Gasteiger partial charge in [-0.1, -0.05) is 13.8 Å². The highest BCUT2D eigenvalue weighted by Gasteiger charge is 2.23. The number of halogens is 2. The molecule has 0 bridgehead atoms. The van der Waals surface area contributed by atoms with Crippen LogP contribution in [-0.4, -0.2) is 50.1 Å². The summed E-state index contributed by atoms with van der Waals surface area (Å²) in [5.41, 5.74) is 0. The largest absolute Gasteiger partial charge is 0.353 e. The Morgan fingerprint density at radius 1 is 1.37 bits per heavy atom. The molecule has 1 fully saturated rings. The molecule has 4 nitrogen and oxygen atoms in total. The molecule has 0 spiro atoms. The van der Waals surface area contributed by atoms with E-state index >= 15 is 0 Å². The molecule has 1 aliphatic heterocycles. The molecule has 1 saturated heterocycles. The number of amides is 1. The van der Waals surface area contributed by atoms with E-state index in [1.165, 1.54) is 0 Å². The van der Waals surface area contributed by atoms with Crippen molar-refractivity contribution in [1.82, 2.24) is 15.5 Å². The maximum Gasteiger partial charge on any atom is 0.237 e. The highest BCUT2D eigenvalue weighted by Crippen LogP contribution is 2.09. The predicted molar refractivity (Wildman–Crippen MR) is 85.5 cm³/mol. The van der Waals surface area contributed by atoms with Gasteiger partial charge in [-0.25, -0.2) is 0 Å². The number of hydrogen-bond acceptors (Lipinski definition) is 3. The Balaban J connectivity index is 0. The van der Waals surface area contributed by atoms with Crippen LogP contribution in [0.2, 0.25) is 0 Å². The van der Waals surface area contributed by atoms with Crippen LogP contribution < -0.4 is 10.6 Å². The molecule has 6 heteroatoms. The van der Waals surface area contributed by atoms with Crippen molar-refractivity contribution in [2.75, 3.05) is 27.2 Å². The molecule has 0 aromatic rings. The van der Waals surface area contributed by atoms with E-state index in [0.29, 0.717) is 12.0 Å². The third kappa shape index (κ3) is 7.98. The summed E-state index contributed by atoms with van der Waals surface area (Å²) in [6.07, 6.45) is 3.20. The maximum absolute atomic E-state index is 11.9. The first kappa shape index (κ1) is 21.3. The van der Waals surface area contributed by atoms with Crippen molar-refractivity contribution >= 4 is 30.7 Å². The number of rotatable bonds is 6. The van der Waals surface area contributed by atoms with Gasteiger partial charge in [-0.3, -0.25) is 4.79 Å². The molecule has 0 saturated carbocycles. The Labute approximate surface area is 129 Å². The fourth-order valence-corrected chi connectivity index (χ4v) is 2.27. The minimum Gasteiger partial charge on any atom is -0.353 e. The van der Waals surface area contributed by atoms with Gasteiger partial charge in [0.1, 0.15) is 0 Å². The third-order valence-corrected chi connectivity index (χ3v) is 3.36. The zero-order chi connectivity index (χ0) is 12.8. The van der Waals surface area contributed by atoms with Crippen molar-refractivity contribution in [3.05, 3.63) is 0 Å². The van der Waals surface area contributed by atoms with Crippen LogP contribution in [0.4, 0.5) is 0 Å². The van der Waals surface area contributed by atoms with E-state index in [0.717, 1.165) is 32.4 Å². The smallest absolute Gasteiger partial charge is 0.237 e. The molecule has 1 heterocycles. The van der Waals surface area contributed by atoms with Crippen molar-refractivity contribution in [1.29, 1.82) is 0 Å². The second kappa shape index (κ2) is 10.7. The Kier molecular flexibility index (Phi) is 12.0. The van der Waals surface area contributed by atoms with E-state index in [9.17, 15) is 4.79 Å². The van der Waals surface area contributed by atoms with E-state index in [4.69, 9.17) is 0 Å².